The van der Waals surface area contributed by atoms with Crippen LogP contribution in [0.5, 0.6) is 0 Å². The number of hydrogen-bond donors (Lipinski definition) is 1. The van der Waals surface area contributed by atoms with Crippen LogP contribution in [-0.4, -0.2) is 52.4 Å². The molecule has 0 saturated carbocycles. The van der Waals surface area contributed by atoms with Crippen molar-refractivity contribution < 1.29 is 4.79 Å². The second-order valence-electron chi connectivity index (χ2n) is 6.25. The molecular weight excluding hydrogens is 304 g/mol. The summed E-state index contributed by atoms with van der Waals surface area (Å²) in [5.74, 6) is 0.528. The Hall–Kier alpha value is -2.47. The highest BCUT2D eigenvalue weighted by Crippen LogP contribution is 2.24. The number of nitrogens with zero attached hydrogens (tertiary/aromatic N) is 3. The fraction of sp³-hybridized carbons (Fsp3) is 0.389. The average Bonchev–Trinajstić information content (AvgIpc) is 2.58. The molecule has 1 N–H and O–H groups in total. The van der Waals surface area contributed by atoms with Gasteiger partial charge >= 0.3 is 0 Å². The number of aromatic nitrogens is 2. The maximum absolute atomic E-state index is 12.6. The third-order valence-electron chi connectivity index (χ3n) is 4.53. The highest BCUT2D eigenvalue weighted by molar-refractivity contribution is 5.78. The average molecular weight is 326 g/mol. The van der Waals surface area contributed by atoms with E-state index in [4.69, 9.17) is 0 Å². The number of nitrogens with one attached hydrogen (secondary N) is 1. The van der Waals surface area contributed by atoms with E-state index in [2.05, 4.69) is 34.0 Å². The van der Waals surface area contributed by atoms with Crippen LogP contribution in [0.3, 0.4) is 0 Å². The van der Waals surface area contributed by atoms with E-state index in [0.717, 1.165) is 6.54 Å². The van der Waals surface area contributed by atoms with Crippen molar-refractivity contribution in [2.75, 3.05) is 26.7 Å². The molecule has 1 aliphatic heterocycles. The van der Waals surface area contributed by atoms with E-state index in [1.807, 2.05) is 23.1 Å². The first-order valence-electron chi connectivity index (χ1n) is 8.12. The molecule has 1 atom stereocenters. The Morgan fingerprint density at radius 1 is 1.29 bits per heavy atom. The maximum Gasteiger partial charge on any atom is 0.254 e. The predicted octanol–water partition coefficient (Wildman–Crippen LogP) is 1.14. The lowest BCUT2D eigenvalue weighted by atomic mass is 10.0. The highest BCUT2D eigenvalue weighted by atomic mass is 16.2. The van der Waals surface area contributed by atoms with E-state index in [9.17, 15) is 9.59 Å². The fourth-order valence-corrected chi connectivity index (χ4v) is 3.05. The van der Waals surface area contributed by atoms with Gasteiger partial charge in [0.05, 0.1) is 12.5 Å². The van der Waals surface area contributed by atoms with Gasteiger partial charge in [0.25, 0.3) is 5.56 Å². The lowest BCUT2D eigenvalue weighted by molar-refractivity contribution is -0.133. The second-order valence-corrected chi connectivity index (χ2v) is 6.25. The van der Waals surface area contributed by atoms with Gasteiger partial charge < -0.3 is 9.88 Å². The summed E-state index contributed by atoms with van der Waals surface area (Å²) in [6.45, 7) is 3.85. The van der Waals surface area contributed by atoms with Crippen molar-refractivity contribution in [1.82, 2.24) is 19.8 Å². The molecule has 0 spiro atoms. The third kappa shape index (κ3) is 3.54. The summed E-state index contributed by atoms with van der Waals surface area (Å²) in [5, 5.41) is 0. The molecule has 3 rings (SSSR count). The number of benzene rings is 1. The highest BCUT2D eigenvalue weighted by Gasteiger charge is 2.28. The van der Waals surface area contributed by atoms with E-state index in [-0.39, 0.29) is 23.9 Å². The summed E-state index contributed by atoms with van der Waals surface area (Å²) in [6.07, 6.45) is 1.59. The van der Waals surface area contributed by atoms with Crippen molar-refractivity contribution in [2.45, 2.75) is 19.4 Å². The molecule has 1 saturated heterocycles. The largest absolute Gasteiger partial charge is 0.339 e. The Kier molecular flexibility index (Phi) is 4.76. The van der Waals surface area contributed by atoms with Crippen molar-refractivity contribution in [3.8, 4) is 0 Å². The second kappa shape index (κ2) is 6.97. The van der Waals surface area contributed by atoms with Gasteiger partial charge in [-0.15, -0.1) is 0 Å². The number of hydrogen-bond acceptors (Lipinski definition) is 4. The summed E-state index contributed by atoms with van der Waals surface area (Å²) in [7, 11) is 2.08. The number of carbonyl (C=O) groups is 1. The zero-order valence-electron chi connectivity index (χ0n) is 14.0. The molecule has 126 valence electrons. The van der Waals surface area contributed by atoms with Crippen LogP contribution in [0.1, 0.15) is 23.0 Å². The fourth-order valence-electron chi connectivity index (χ4n) is 3.05. The molecule has 1 amide bonds. The van der Waals surface area contributed by atoms with Crippen molar-refractivity contribution in [2.24, 2.45) is 0 Å². The van der Waals surface area contributed by atoms with Crippen LogP contribution in [0.4, 0.5) is 0 Å². The molecule has 6 nitrogen and oxygen atoms in total. The molecule has 24 heavy (non-hydrogen) atoms. The normalized spacial score (nSPS) is 18.6. The van der Waals surface area contributed by atoms with Gasteiger partial charge in [-0.25, -0.2) is 4.98 Å². The Morgan fingerprint density at radius 2 is 2.04 bits per heavy atom. The molecule has 1 fully saturated rings. The first kappa shape index (κ1) is 16.4. The van der Waals surface area contributed by atoms with E-state index in [0.29, 0.717) is 24.5 Å². The Balaban J connectivity index is 1.72. The van der Waals surface area contributed by atoms with E-state index in [1.165, 1.54) is 11.8 Å². The molecule has 1 aliphatic rings. The minimum Gasteiger partial charge on any atom is -0.339 e. The first-order chi connectivity index (χ1) is 11.5. The van der Waals surface area contributed by atoms with Gasteiger partial charge in [-0.1, -0.05) is 30.3 Å². The number of aromatic amines is 1. The zero-order valence-corrected chi connectivity index (χ0v) is 14.0. The molecule has 0 bridgehead atoms. The summed E-state index contributed by atoms with van der Waals surface area (Å²) in [6, 6.07) is 10.4. The monoisotopic (exact) mass is 326 g/mol. The molecule has 2 aromatic rings. The molecule has 0 unspecified atom stereocenters. The van der Waals surface area contributed by atoms with Crippen LogP contribution in [0.15, 0.2) is 41.3 Å². The van der Waals surface area contributed by atoms with E-state index >= 15 is 0 Å². The zero-order chi connectivity index (χ0) is 17.1. The molecule has 6 heteroatoms. The molecule has 0 radical (unpaired) electrons. The van der Waals surface area contributed by atoms with Crippen LogP contribution < -0.4 is 5.56 Å². The standard InChI is InChI=1S/C18H22N4O2/c1-13-19-11-15(18(24)20-13)10-17(23)22-9-8-21(2)16(12-22)14-6-4-3-5-7-14/h3-7,11,16H,8-10,12H2,1-2H3,(H,19,20,24)/t16-/m0/s1. The summed E-state index contributed by atoms with van der Waals surface area (Å²) in [4.78, 5) is 35.4. The van der Waals surface area contributed by atoms with E-state index < -0.39 is 0 Å². The Labute approximate surface area is 141 Å². The number of rotatable bonds is 3. The lowest BCUT2D eigenvalue weighted by Crippen LogP contribution is -2.49. The maximum atomic E-state index is 12.6. The number of likely N-dealkylation sites (N-methyl/N-ethyl adjacent to an activating group) is 1. The van der Waals surface area contributed by atoms with Gasteiger partial charge in [0, 0.05) is 31.4 Å². The van der Waals surface area contributed by atoms with Crippen molar-refractivity contribution in [1.29, 1.82) is 0 Å². The molecule has 1 aromatic carbocycles. The van der Waals surface area contributed by atoms with Crippen LogP contribution in [-0.2, 0) is 11.2 Å². The number of carbonyl (C=O) groups excluding carboxylic acids is 1. The predicted molar refractivity (Wildman–Crippen MR) is 91.7 cm³/mol. The summed E-state index contributed by atoms with van der Waals surface area (Å²) >= 11 is 0. The number of aryl methyl sites for hydroxylation is 1. The number of piperazine rings is 1. The van der Waals surface area contributed by atoms with Gasteiger partial charge in [0.2, 0.25) is 5.91 Å². The molecule has 0 aliphatic carbocycles. The number of H-pyrrole nitrogens is 1. The Morgan fingerprint density at radius 3 is 2.75 bits per heavy atom. The molecule has 2 heterocycles. The summed E-state index contributed by atoms with van der Waals surface area (Å²) in [5.41, 5.74) is 1.39. The lowest BCUT2D eigenvalue weighted by Gasteiger charge is -2.39. The Bertz CT molecular complexity index is 772. The summed E-state index contributed by atoms with van der Waals surface area (Å²) < 4.78 is 0. The van der Waals surface area contributed by atoms with Gasteiger partial charge in [-0.3, -0.25) is 14.5 Å². The third-order valence-corrected chi connectivity index (χ3v) is 4.53. The van der Waals surface area contributed by atoms with Crippen LogP contribution in [0, 0.1) is 6.92 Å². The molecular formula is C18H22N4O2. The smallest absolute Gasteiger partial charge is 0.254 e. The SMILES string of the molecule is Cc1ncc(CC(=O)N2CCN(C)[C@H](c3ccccc3)C2)c(=O)[nH]1. The molecule has 1 aromatic heterocycles. The van der Waals surface area contributed by atoms with Crippen LogP contribution in [0.2, 0.25) is 0 Å². The minimum atomic E-state index is -0.232. The van der Waals surface area contributed by atoms with E-state index in [1.54, 1.807) is 6.92 Å². The van der Waals surface area contributed by atoms with Crippen LogP contribution >= 0.6 is 0 Å². The van der Waals surface area contributed by atoms with Crippen molar-refractivity contribution in [3.63, 3.8) is 0 Å². The van der Waals surface area contributed by atoms with Crippen molar-refractivity contribution >= 4 is 5.91 Å². The van der Waals surface area contributed by atoms with Gasteiger partial charge in [-0.2, -0.15) is 0 Å². The topological polar surface area (TPSA) is 69.3 Å². The van der Waals surface area contributed by atoms with Crippen molar-refractivity contribution in [3.05, 3.63) is 63.8 Å². The van der Waals surface area contributed by atoms with Gasteiger partial charge in [-0.05, 0) is 19.5 Å². The van der Waals surface area contributed by atoms with Gasteiger partial charge in [0.1, 0.15) is 5.82 Å². The number of amides is 1. The minimum absolute atomic E-state index is 0.0276. The van der Waals surface area contributed by atoms with Gasteiger partial charge in [0.15, 0.2) is 0 Å². The van der Waals surface area contributed by atoms with Crippen LogP contribution in [0.25, 0.3) is 0 Å². The first-order valence-corrected chi connectivity index (χ1v) is 8.12. The quantitative estimate of drug-likeness (QED) is 0.918.